The van der Waals surface area contributed by atoms with E-state index in [1.54, 1.807) is 39.0 Å². The van der Waals surface area contributed by atoms with Gasteiger partial charge >= 0.3 is 6.18 Å². The van der Waals surface area contributed by atoms with Crippen LogP contribution in [0.4, 0.5) is 13.2 Å². The van der Waals surface area contributed by atoms with Crippen molar-refractivity contribution < 1.29 is 27.9 Å². The van der Waals surface area contributed by atoms with Crippen LogP contribution in [0.2, 0.25) is 5.02 Å². The minimum Gasteiger partial charge on any atom is -0.510 e. The van der Waals surface area contributed by atoms with Crippen LogP contribution in [0, 0.1) is 17.8 Å². The minimum absolute atomic E-state index is 0.0129. The van der Waals surface area contributed by atoms with E-state index in [0.717, 1.165) is 6.07 Å². The van der Waals surface area contributed by atoms with Crippen LogP contribution in [0.3, 0.4) is 0 Å². The van der Waals surface area contributed by atoms with Crippen LogP contribution in [0.25, 0.3) is 16.7 Å². The fourth-order valence-electron chi connectivity index (χ4n) is 3.97. The molecule has 2 aromatic carbocycles. The quantitative estimate of drug-likeness (QED) is 0.511. The predicted molar refractivity (Wildman–Crippen MR) is 114 cm³/mol. The van der Waals surface area contributed by atoms with E-state index >= 15 is 0 Å². The van der Waals surface area contributed by atoms with Gasteiger partial charge in [-0.15, -0.1) is 0 Å². The zero-order valence-corrected chi connectivity index (χ0v) is 18.5. The standard InChI is InChI=1S/C24H22ClF3O3/c1-12-6-7-13(14-8-9-17(25)16(11-14)24(26,27)28)10-15(12)18-19(29)22(2,3)21(31)23(4,5)20(18)30/h6-11,29H,1-5H3. The molecule has 1 aliphatic rings. The van der Waals surface area contributed by atoms with Gasteiger partial charge in [0.05, 0.1) is 27.0 Å². The molecule has 0 radical (unpaired) electrons. The number of Topliss-reactive ketones (excluding diaryl/α,β-unsaturated/α-hetero) is 2. The van der Waals surface area contributed by atoms with Crippen LogP contribution in [-0.4, -0.2) is 16.7 Å². The second-order valence-corrected chi connectivity index (χ2v) is 9.26. The number of hydrogen-bond donors (Lipinski definition) is 1. The van der Waals surface area contributed by atoms with Gasteiger partial charge in [0.25, 0.3) is 0 Å². The Bertz CT molecular complexity index is 1140. The lowest BCUT2D eigenvalue weighted by Crippen LogP contribution is -2.48. The maximum Gasteiger partial charge on any atom is 0.417 e. The number of carbonyl (C=O) groups is 2. The third-order valence-corrected chi connectivity index (χ3v) is 6.20. The van der Waals surface area contributed by atoms with Crippen molar-refractivity contribution in [3.8, 4) is 11.1 Å². The van der Waals surface area contributed by atoms with Gasteiger partial charge in [0.15, 0.2) is 11.6 Å². The van der Waals surface area contributed by atoms with Crippen molar-refractivity contribution in [2.24, 2.45) is 10.8 Å². The molecule has 7 heteroatoms. The largest absolute Gasteiger partial charge is 0.510 e. The van der Waals surface area contributed by atoms with Crippen LogP contribution in [-0.2, 0) is 15.8 Å². The van der Waals surface area contributed by atoms with Crippen molar-refractivity contribution in [3.63, 3.8) is 0 Å². The molecule has 1 N–H and O–H groups in total. The summed E-state index contributed by atoms with van der Waals surface area (Å²) in [6.45, 7) is 7.85. The molecule has 3 rings (SSSR count). The zero-order chi connectivity index (χ0) is 23.5. The molecule has 0 unspecified atom stereocenters. The van der Waals surface area contributed by atoms with E-state index in [2.05, 4.69) is 0 Å². The molecule has 0 heterocycles. The monoisotopic (exact) mass is 450 g/mol. The Balaban J connectivity index is 2.25. The Hall–Kier alpha value is -2.60. The van der Waals surface area contributed by atoms with Crippen LogP contribution < -0.4 is 0 Å². The first-order valence-corrected chi connectivity index (χ1v) is 9.99. The fourth-order valence-corrected chi connectivity index (χ4v) is 4.19. The molecule has 1 aliphatic carbocycles. The first-order valence-electron chi connectivity index (χ1n) is 9.61. The van der Waals surface area contributed by atoms with Gasteiger partial charge < -0.3 is 5.11 Å². The molecule has 0 fully saturated rings. The van der Waals surface area contributed by atoms with E-state index in [9.17, 15) is 27.9 Å². The molecule has 0 spiro atoms. The van der Waals surface area contributed by atoms with Gasteiger partial charge in [-0.25, -0.2) is 0 Å². The SMILES string of the molecule is Cc1ccc(-c2ccc(Cl)c(C(F)(F)F)c2)cc1C1=C(O)C(C)(C)C(=O)C(C)(C)C1=O. The molecule has 0 amide bonds. The Labute approximate surface area is 183 Å². The number of aliphatic hydroxyl groups excluding tert-OH is 1. The van der Waals surface area contributed by atoms with Gasteiger partial charge in [-0.05, 0) is 75.1 Å². The molecule has 0 saturated carbocycles. The number of hydrogen-bond acceptors (Lipinski definition) is 3. The highest BCUT2D eigenvalue weighted by molar-refractivity contribution is 6.34. The van der Waals surface area contributed by atoms with Crippen molar-refractivity contribution in [2.45, 2.75) is 40.8 Å². The number of carbonyl (C=O) groups excluding carboxylic acids is 2. The van der Waals surface area contributed by atoms with Crippen LogP contribution in [0.15, 0.2) is 42.2 Å². The van der Waals surface area contributed by atoms with Crippen molar-refractivity contribution in [3.05, 3.63) is 63.9 Å². The number of allylic oxidation sites excluding steroid dienone is 2. The van der Waals surface area contributed by atoms with E-state index in [1.807, 2.05) is 0 Å². The highest BCUT2D eigenvalue weighted by Crippen LogP contribution is 2.47. The van der Waals surface area contributed by atoms with Gasteiger partial charge in [0, 0.05) is 0 Å². The lowest BCUT2D eigenvalue weighted by atomic mass is 9.62. The molecule has 0 bridgehead atoms. The first-order chi connectivity index (χ1) is 14.1. The number of rotatable bonds is 2. The summed E-state index contributed by atoms with van der Waals surface area (Å²) >= 11 is 5.72. The van der Waals surface area contributed by atoms with Gasteiger partial charge in [0.2, 0.25) is 0 Å². The van der Waals surface area contributed by atoms with Crippen molar-refractivity contribution in [1.29, 1.82) is 0 Å². The average molecular weight is 451 g/mol. The molecule has 0 saturated heterocycles. The van der Waals surface area contributed by atoms with Crippen molar-refractivity contribution >= 4 is 28.7 Å². The molecule has 0 aliphatic heterocycles. The van der Waals surface area contributed by atoms with Crippen LogP contribution in [0.1, 0.15) is 44.4 Å². The van der Waals surface area contributed by atoms with Gasteiger partial charge in [-0.3, -0.25) is 9.59 Å². The van der Waals surface area contributed by atoms with E-state index in [4.69, 9.17) is 11.6 Å². The van der Waals surface area contributed by atoms with E-state index < -0.39 is 39.2 Å². The highest BCUT2D eigenvalue weighted by Gasteiger charge is 2.53. The molecule has 0 atom stereocenters. The van der Waals surface area contributed by atoms with E-state index in [0.29, 0.717) is 16.7 Å². The summed E-state index contributed by atoms with van der Waals surface area (Å²) in [6, 6.07) is 8.44. The second kappa shape index (κ2) is 7.23. The normalized spacial score (nSPS) is 18.5. The molecule has 0 aromatic heterocycles. The number of aryl methyl sites for hydroxylation is 1. The number of alkyl halides is 3. The van der Waals surface area contributed by atoms with Gasteiger partial charge in [0.1, 0.15) is 5.76 Å². The summed E-state index contributed by atoms with van der Waals surface area (Å²) in [6.07, 6.45) is -4.62. The lowest BCUT2D eigenvalue weighted by Gasteiger charge is -2.38. The van der Waals surface area contributed by atoms with Crippen molar-refractivity contribution in [2.75, 3.05) is 0 Å². The average Bonchev–Trinajstić information content (AvgIpc) is 2.67. The third kappa shape index (κ3) is 3.67. The zero-order valence-electron chi connectivity index (χ0n) is 17.7. The van der Waals surface area contributed by atoms with Crippen LogP contribution >= 0.6 is 11.6 Å². The summed E-state index contributed by atoms with van der Waals surface area (Å²) in [5.41, 5.74) is -1.88. The van der Waals surface area contributed by atoms with Crippen molar-refractivity contribution in [1.82, 2.24) is 0 Å². The van der Waals surface area contributed by atoms with Crippen LogP contribution in [0.5, 0.6) is 0 Å². The number of halogens is 4. The minimum atomic E-state index is -4.62. The fraction of sp³-hybridized carbons (Fsp3) is 0.333. The number of ketones is 2. The molecule has 31 heavy (non-hydrogen) atoms. The maximum absolute atomic E-state index is 13.3. The molecule has 3 nitrogen and oxygen atoms in total. The summed E-state index contributed by atoms with van der Waals surface area (Å²) in [5.74, 6) is -1.26. The topological polar surface area (TPSA) is 54.4 Å². The third-order valence-electron chi connectivity index (χ3n) is 5.87. The number of aliphatic hydroxyl groups is 1. The van der Waals surface area contributed by atoms with Gasteiger partial charge in [-0.1, -0.05) is 29.8 Å². The van der Waals surface area contributed by atoms with Gasteiger partial charge in [-0.2, -0.15) is 13.2 Å². The Morgan fingerprint density at radius 3 is 2.03 bits per heavy atom. The summed E-state index contributed by atoms with van der Waals surface area (Å²) in [5, 5.41) is 10.5. The Morgan fingerprint density at radius 2 is 1.45 bits per heavy atom. The second-order valence-electron chi connectivity index (χ2n) is 8.85. The smallest absolute Gasteiger partial charge is 0.417 e. The summed E-state index contributed by atoms with van der Waals surface area (Å²) in [7, 11) is 0. The highest BCUT2D eigenvalue weighted by atomic mass is 35.5. The molecular formula is C24H22ClF3O3. The maximum atomic E-state index is 13.3. The summed E-state index contributed by atoms with van der Waals surface area (Å²) < 4.78 is 39.9. The molecular weight excluding hydrogens is 429 g/mol. The Morgan fingerprint density at radius 1 is 0.903 bits per heavy atom. The summed E-state index contributed by atoms with van der Waals surface area (Å²) in [4.78, 5) is 26.0. The Kier molecular flexibility index (Phi) is 5.38. The lowest BCUT2D eigenvalue weighted by molar-refractivity contribution is -0.143. The first kappa shape index (κ1) is 23.1. The molecule has 2 aromatic rings. The number of benzene rings is 2. The van der Waals surface area contributed by atoms with E-state index in [-0.39, 0.29) is 16.9 Å². The molecule has 164 valence electrons. The predicted octanol–water partition coefficient (Wildman–Crippen LogP) is 6.81. The van der Waals surface area contributed by atoms with E-state index in [1.165, 1.54) is 26.0 Å².